The Hall–Kier alpha value is -1.69. The van der Waals surface area contributed by atoms with Gasteiger partial charge in [0, 0.05) is 45.1 Å². The summed E-state index contributed by atoms with van der Waals surface area (Å²) in [4.78, 5) is 24.3. The molecular formula is C15H25N5O. The Labute approximate surface area is 126 Å². The maximum absolute atomic E-state index is 11.9. The van der Waals surface area contributed by atoms with Gasteiger partial charge in [-0.05, 0) is 38.9 Å². The second-order valence-electron chi connectivity index (χ2n) is 5.50. The predicted molar refractivity (Wildman–Crippen MR) is 82.1 cm³/mol. The highest BCUT2D eigenvalue weighted by atomic mass is 16.2. The lowest BCUT2D eigenvalue weighted by Gasteiger charge is -2.19. The van der Waals surface area contributed by atoms with Crippen LogP contribution in [0.2, 0.25) is 0 Å². The van der Waals surface area contributed by atoms with Gasteiger partial charge < -0.3 is 15.1 Å². The molecule has 0 bridgehead atoms. The highest BCUT2D eigenvalue weighted by Gasteiger charge is 2.11. The molecule has 0 spiro atoms. The molecule has 0 radical (unpaired) electrons. The maximum Gasteiger partial charge on any atom is 0.317 e. The van der Waals surface area contributed by atoms with Crippen molar-refractivity contribution in [3.05, 3.63) is 24.3 Å². The molecule has 21 heavy (non-hydrogen) atoms. The third-order valence-electron chi connectivity index (χ3n) is 3.79. The van der Waals surface area contributed by atoms with Crippen LogP contribution in [0.5, 0.6) is 0 Å². The van der Waals surface area contributed by atoms with Crippen LogP contribution in [0.15, 0.2) is 18.6 Å². The van der Waals surface area contributed by atoms with E-state index in [1.165, 1.54) is 25.9 Å². The van der Waals surface area contributed by atoms with Crippen molar-refractivity contribution in [3.8, 4) is 0 Å². The number of likely N-dealkylation sites (tertiary alicyclic amines) is 1. The highest BCUT2D eigenvalue weighted by Crippen LogP contribution is 2.06. The van der Waals surface area contributed by atoms with Gasteiger partial charge in [-0.3, -0.25) is 9.97 Å². The van der Waals surface area contributed by atoms with Crippen molar-refractivity contribution in [2.24, 2.45) is 0 Å². The van der Waals surface area contributed by atoms with Crippen molar-refractivity contribution in [1.82, 2.24) is 25.1 Å². The van der Waals surface area contributed by atoms with Crippen LogP contribution >= 0.6 is 0 Å². The number of carbonyl (C=O) groups is 1. The second kappa shape index (κ2) is 8.56. The van der Waals surface area contributed by atoms with E-state index in [2.05, 4.69) is 20.2 Å². The molecule has 6 heteroatoms. The maximum atomic E-state index is 11.9. The van der Waals surface area contributed by atoms with Crippen molar-refractivity contribution in [1.29, 1.82) is 0 Å². The van der Waals surface area contributed by atoms with Gasteiger partial charge in [0.05, 0.1) is 5.69 Å². The third kappa shape index (κ3) is 5.67. The van der Waals surface area contributed by atoms with Gasteiger partial charge in [0.25, 0.3) is 0 Å². The van der Waals surface area contributed by atoms with Crippen LogP contribution < -0.4 is 5.32 Å². The summed E-state index contributed by atoms with van der Waals surface area (Å²) < 4.78 is 0. The largest absolute Gasteiger partial charge is 0.338 e. The molecule has 1 aromatic heterocycles. The van der Waals surface area contributed by atoms with Crippen LogP contribution in [0.25, 0.3) is 0 Å². The zero-order valence-electron chi connectivity index (χ0n) is 12.8. The Kier molecular flexibility index (Phi) is 6.40. The van der Waals surface area contributed by atoms with E-state index in [-0.39, 0.29) is 6.03 Å². The number of hydrogen-bond donors (Lipinski definition) is 1. The molecule has 1 saturated heterocycles. The first-order valence-corrected chi connectivity index (χ1v) is 7.72. The molecule has 0 saturated carbocycles. The summed E-state index contributed by atoms with van der Waals surface area (Å²) >= 11 is 0. The first kappa shape index (κ1) is 15.7. The van der Waals surface area contributed by atoms with Crippen molar-refractivity contribution in [2.75, 3.05) is 39.8 Å². The molecule has 1 aliphatic rings. The Morgan fingerprint density at radius 3 is 2.90 bits per heavy atom. The smallest absolute Gasteiger partial charge is 0.317 e. The van der Waals surface area contributed by atoms with Crippen molar-refractivity contribution in [3.63, 3.8) is 0 Å². The Morgan fingerprint density at radius 2 is 2.19 bits per heavy atom. The minimum atomic E-state index is -0.0136. The average Bonchev–Trinajstić information content (AvgIpc) is 3.03. The summed E-state index contributed by atoms with van der Waals surface area (Å²) in [6, 6.07) is -0.0136. The van der Waals surface area contributed by atoms with E-state index >= 15 is 0 Å². The van der Waals surface area contributed by atoms with Gasteiger partial charge in [-0.2, -0.15) is 0 Å². The molecule has 1 aliphatic heterocycles. The molecule has 0 aliphatic carbocycles. The first-order chi connectivity index (χ1) is 10.3. The number of likely N-dealkylation sites (N-methyl/N-ethyl adjacent to an activating group) is 1. The van der Waals surface area contributed by atoms with E-state index in [0.29, 0.717) is 6.54 Å². The fraction of sp³-hybridized carbons (Fsp3) is 0.667. The molecule has 0 atom stereocenters. The van der Waals surface area contributed by atoms with Crippen LogP contribution in [-0.4, -0.2) is 65.6 Å². The summed E-state index contributed by atoms with van der Waals surface area (Å²) in [6.07, 6.45) is 9.44. The third-order valence-corrected chi connectivity index (χ3v) is 3.79. The fourth-order valence-corrected chi connectivity index (χ4v) is 2.48. The zero-order chi connectivity index (χ0) is 14.9. The number of nitrogens with zero attached hydrogens (tertiary/aromatic N) is 4. The van der Waals surface area contributed by atoms with E-state index in [1.54, 1.807) is 23.5 Å². The van der Waals surface area contributed by atoms with Gasteiger partial charge >= 0.3 is 6.03 Å². The summed E-state index contributed by atoms with van der Waals surface area (Å²) in [5, 5.41) is 2.97. The van der Waals surface area contributed by atoms with Gasteiger partial charge in [0.2, 0.25) is 0 Å². The number of aromatic nitrogens is 2. The number of hydrogen-bond acceptors (Lipinski definition) is 4. The first-order valence-electron chi connectivity index (χ1n) is 7.72. The summed E-state index contributed by atoms with van der Waals surface area (Å²) in [7, 11) is 1.81. The lowest BCUT2D eigenvalue weighted by molar-refractivity contribution is 0.208. The lowest BCUT2D eigenvalue weighted by Crippen LogP contribution is -2.39. The molecule has 6 nitrogen and oxygen atoms in total. The average molecular weight is 291 g/mol. The van der Waals surface area contributed by atoms with Gasteiger partial charge in [0.15, 0.2) is 0 Å². The van der Waals surface area contributed by atoms with Crippen molar-refractivity contribution in [2.45, 2.75) is 25.7 Å². The predicted octanol–water partition coefficient (Wildman–Crippen LogP) is 1.15. The van der Waals surface area contributed by atoms with Gasteiger partial charge in [-0.15, -0.1) is 0 Å². The van der Waals surface area contributed by atoms with Crippen LogP contribution in [0, 0.1) is 0 Å². The Bertz CT molecular complexity index is 419. The number of urea groups is 1. The van der Waals surface area contributed by atoms with E-state index in [1.807, 2.05) is 7.05 Å². The van der Waals surface area contributed by atoms with Crippen LogP contribution in [-0.2, 0) is 6.42 Å². The Morgan fingerprint density at radius 1 is 1.38 bits per heavy atom. The van der Waals surface area contributed by atoms with E-state index in [0.717, 1.165) is 31.6 Å². The molecule has 1 N–H and O–H groups in total. The van der Waals surface area contributed by atoms with Crippen LogP contribution in [0.3, 0.4) is 0 Å². The molecule has 2 amide bonds. The fourth-order valence-electron chi connectivity index (χ4n) is 2.48. The molecule has 1 aromatic rings. The number of amides is 2. The minimum Gasteiger partial charge on any atom is -0.338 e. The SMILES string of the molecule is CN(CCc1cnccn1)C(=O)NCCCN1CCCC1. The summed E-state index contributed by atoms with van der Waals surface area (Å²) in [6.45, 7) is 4.91. The standard InChI is InChI=1S/C15H25N5O/c1-19(12-5-14-13-16-7-8-17-14)15(21)18-6-4-11-20-9-2-3-10-20/h7-8,13H,2-6,9-12H2,1H3,(H,18,21). The molecular weight excluding hydrogens is 266 g/mol. The topological polar surface area (TPSA) is 61.4 Å². The normalized spacial score (nSPS) is 15.1. The van der Waals surface area contributed by atoms with Crippen molar-refractivity contribution < 1.29 is 4.79 Å². The van der Waals surface area contributed by atoms with Gasteiger partial charge in [-0.25, -0.2) is 4.79 Å². The number of carbonyl (C=O) groups excluding carboxylic acids is 1. The van der Waals surface area contributed by atoms with E-state index in [9.17, 15) is 4.79 Å². The summed E-state index contributed by atoms with van der Waals surface area (Å²) in [5.74, 6) is 0. The molecule has 1 fully saturated rings. The monoisotopic (exact) mass is 291 g/mol. The number of rotatable bonds is 7. The van der Waals surface area contributed by atoms with Crippen LogP contribution in [0.4, 0.5) is 4.79 Å². The number of nitrogens with one attached hydrogen (secondary N) is 1. The molecule has 116 valence electrons. The quantitative estimate of drug-likeness (QED) is 0.766. The summed E-state index contributed by atoms with van der Waals surface area (Å²) in [5.41, 5.74) is 0.909. The van der Waals surface area contributed by atoms with E-state index < -0.39 is 0 Å². The molecule has 2 heterocycles. The molecule has 2 rings (SSSR count). The Balaban J connectivity index is 1.56. The lowest BCUT2D eigenvalue weighted by atomic mass is 10.3. The van der Waals surface area contributed by atoms with Gasteiger partial charge in [0.1, 0.15) is 0 Å². The second-order valence-corrected chi connectivity index (χ2v) is 5.50. The minimum absolute atomic E-state index is 0.0136. The van der Waals surface area contributed by atoms with Crippen molar-refractivity contribution >= 4 is 6.03 Å². The van der Waals surface area contributed by atoms with E-state index in [4.69, 9.17) is 0 Å². The highest BCUT2D eigenvalue weighted by molar-refractivity contribution is 5.73. The van der Waals surface area contributed by atoms with Crippen LogP contribution in [0.1, 0.15) is 25.0 Å². The molecule has 0 aromatic carbocycles. The zero-order valence-corrected chi connectivity index (χ0v) is 12.8. The van der Waals surface area contributed by atoms with Gasteiger partial charge in [-0.1, -0.05) is 0 Å². The molecule has 0 unspecified atom stereocenters.